The van der Waals surface area contributed by atoms with Gasteiger partial charge in [0.15, 0.2) is 12.2 Å². The molecule has 17 nitrogen and oxygen atoms in total. The normalized spacial score (nSPS) is 14.2. The molecule has 522 valence electrons. The SMILES string of the molecule is CCCCCCCCCCC(=O)OC[C@H](COP(=O)(O)OC[C@H](O)COP(=O)(O)OC[C@@H](COC(=O)CCCCCCCCCCCCCC(C)C)OC(=O)CCCCCCCCCCCCCC(C)C)OC(=O)CCCCCCCCCCCC(C)C. The number of esters is 4. The average molecular weight is 1300 g/mol. The second-order valence-corrected chi connectivity index (χ2v) is 29.3. The van der Waals surface area contributed by atoms with E-state index in [2.05, 4.69) is 48.5 Å². The van der Waals surface area contributed by atoms with Gasteiger partial charge in [0.2, 0.25) is 0 Å². The molecule has 0 aromatic carbocycles. The van der Waals surface area contributed by atoms with E-state index in [1.165, 1.54) is 148 Å². The van der Waals surface area contributed by atoms with Crippen LogP contribution in [0.1, 0.15) is 344 Å². The molecule has 0 saturated heterocycles. The van der Waals surface area contributed by atoms with Gasteiger partial charge in [-0.25, -0.2) is 9.13 Å². The van der Waals surface area contributed by atoms with Gasteiger partial charge in [-0.3, -0.25) is 37.3 Å². The number of aliphatic hydroxyl groups excluding tert-OH is 1. The fourth-order valence-electron chi connectivity index (χ4n) is 10.4. The van der Waals surface area contributed by atoms with Crippen LogP contribution in [-0.4, -0.2) is 96.7 Å². The van der Waals surface area contributed by atoms with Crippen molar-refractivity contribution in [1.29, 1.82) is 0 Å². The summed E-state index contributed by atoms with van der Waals surface area (Å²) in [6, 6.07) is 0. The van der Waals surface area contributed by atoms with Crippen LogP contribution in [0.4, 0.5) is 0 Å². The summed E-state index contributed by atoms with van der Waals surface area (Å²) in [7, 11) is -9.90. The first-order valence-electron chi connectivity index (χ1n) is 35.8. The molecular weight excluding hydrogens is 1160 g/mol. The quantitative estimate of drug-likeness (QED) is 0.0222. The molecule has 0 spiro atoms. The summed E-state index contributed by atoms with van der Waals surface area (Å²) in [6.45, 7) is 11.8. The predicted molar refractivity (Wildman–Crippen MR) is 354 cm³/mol. The lowest BCUT2D eigenvalue weighted by Gasteiger charge is -2.21. The Balaban J connectivity index is 5.24. The number of carbonyl (C=O) groups excluding carboxylic acids is 4. The maximum absolute atomic E-state index is 13.0. The maximum atomic E-state index is 13.0. The lowest BCUT2D eigenvalue weighted by atomic mass is 10.0. The molecular formula is C69H134O17P2. The number of rotatable bonds is 67. The second kappa shape index (κ2) is 60.0. The minimum atomic E-state index is -4.95. The minimum absolute atomic E-state index is 0.105. The van der Waals surface area contributed by atoms with Crippen LogP contribution in [0.15, 0.2) is 0 Å². The van der Waals surface area contributed by atoms with Crippen molar-refractivity contribution >= 4 is 39.5 Å². The molecule has 0 fully saturated rings. The van der Waals surface area contributed by atoms with Gasteiger partial charge in [-0.2, -0.15) is 0 Å². The van der Waals surface area contributed by atoms with Gasteiger partial charge in [0.1, 0.15) is 19.3 Å². The lowest BCUT2D eigenvalue weighted by molar-refractivity contribution is -0.161. The highest BCUT2D eigenvalue weighted by Gasteiger charge is 2.30. The summed E-state index contributed by atoms with van der Waals surface area (Å²) in [5.41, 5.74) is 0. The van der Waals surface area contributed by atoms with E-state index in [0.717, 1.165) is 114 Å². The molecule has 0 aromatic rings. The first kappa shape index (κ1) is 86.1. The van der Waals surface area contributed by atoms with E-state index in [0.29, 0.717) is 25.7 Å². The molecule has 0 heterocycles. The summed E-state index contributed by atoms with van der Waals surface area (Å²) in [6.07, 6.45) is 43.1. The van der Waals surface area contributed by atoms with Gasteiger partial charge in [-0.1, -0.05) is 292 Å². The van der Waals surface area contributed by atoms with Gasteiger partial charge in [-0.15, -0.1) is 0 Å². The van der Waals surface area contributed by atoms with Crippen LogP contribution in [0.25, 0.3) is 0 Å². The molecule has 0 amide bonds. The second-order valence-electron chi connectivity index (χ2n) is 26.3. The number of unbranched alkanes of at least 4 members (excludes halogenated alkanes) is 35. The van der Waals surface area contributed by atoms with E-state index in [9.17, 15) is 43.2 Å². The molecule has 88 heavy (non-hydrogen) atoms. The fourth-order valence-corrected chi connectivity index (χ4v) is 11.9. The largest absolute Gasteiger partial charge is 0.472 e. The number of phosphoric acid groups is 2. The van der Waals surface area contributed by atoms with Gasteiger partial charge in [0.25, 0.3) is 0 Å². The number of aliphatic hydroxyl groups is 1. The van der Waals surface area contributed by atoms with Gasteiger partial charge in [0, 0.05) is 25.7 Å². The van der Waals surface area contributed by atoms with E-state index >= 15 is 0 Å². The van der Waals surface area contributed by atoms with Crippen LogP contribution < -0.4 is 0 Å². The third-order valence-electron chi connectivity index (χ3n) is 15.9. The van der Waals surface area contributed by atoms with Crippen molar-refractivity contribution in [2.45, 2.75) is 362 Å². The molecule has 0 aliphatic heterocycles. The Morgan fingerprint density at radius 1 is 0.307 bits per heavy atom. The third kappa shape index (κ3) is 62.8. The monoisotopic (exact) mass is 1300 g/mol. The fraction of sp³-hybridized carbons (Fsp3) is 0.942. The van der Waals surface area contributed by atoms with Crippen LogP contribution in [0, 0.1) is 17.8 Å². The summed E-state index contributed by atoms with van der Waals surface area (Å²) < 4.78 is 68.2. The summed E-state index contributed by atoms with van der Waals surface area (Å²) >= 11 is 0. The Hall–Kier alpha value is -1.94. The molecule has 0 aliphatic rings. The van der Waals surface area contributed by atoms with Crippen LogP contribution >= 0.6 is 15.6 Å². The van der Waals surface area contributed by atoms with Gasteiger partial charge in [-0.05, 0) is 43.4 Å². The number of phosphoric ester groups is 2. The lowest BCUT2D eigenvalue weighted by Crippen LogP contribution is -2.30. The predicted octanol–water partition coefficient (Wildman–Crippen LogP) is 19.5. The molecule has 3 N–H and O–H groups in total. The Morgan fingerprint density at radius 3 is 0.773 bits per heavy atom. The summed E-state index contributed by atoms with van der Waals surface area (Å²) in [5.74, 6) is 0.143. The molecule has 0 saturated carbocycles. The first-order valence-corrected chi connectivity index (χ1v) is 38.8. The van der Waals surface area contributed by atoms with E-state index < -0.39 is 97.5 Å². The molecule has 5 atom stereocenters. The van der Waals surface area contributed by atoms with E-state index in [-0.39, 0.29) is 25.7 Å². The minimum Gasteiger partial charge on any atom is -0.462 e. The molecule has 0 radical (unpaired) electrons. The zero-order valence-electron chi connectivity index (χ0n) is 57.2. The third-order valence-corrected chi connectivity index (χ3v) is 17.8. The Morgan fingerprint density at radius 2 is 0.523 bits per heavy atom. The highest BCUT2D eigenvalue weighted by atomic mass is 31.2. The highest BCUT2D eigenvalue weighted by Crippen LogP contribution is 2.45. The zero-order valence-corrected chi connectivity index (χ0v) is 59.0. The van der Waals surface area contributed by atoms with Gasteiger partial charge in [0.05, 0.1) is 26.4 Å². The van der Waals surface area contributed by atoms with Crippen LogP contribution in [-0.2, 0) is 65.4 Å². The molecule has 0 aromatic heterocycles. The standard InChI is InChI=1S/C69H134O17P2/c1-8-9-10-11-12-29-36-43-50-66(71)79-56-64(86-69(74)53-46-39-32-25-19-22-28-35-42-49-62(6)7)58-83-87(75,76)81-54-63(70)55-82-88(77,78)84-59-65(85-68(73)52-45-38-31-24-18-14-16-21-27-34-41-48-61(4)5)57-80-67(72)51-44-37-30-23-17-13-15-20-26-33-40-47-60(2)3/h60-65,70H,8-59H2,1-7H3,(H,75,76)(H,77,78)/t63-,64+,65+/m0/s1. The Bertz CT molecular complexity index is 1730. The number of carbonyl (C=O) groups is 4. The van der Waals surface area contributed by atoms with Crippen molar-refractivity contribution in [3.05, 3.63) is 0 Å². The topological polar surface area (TPSA) is 237 Å². The molecule has 19 heteroatoms. The van der Waals surface area contributed by atoms with Crippen molar-refractivity contribution in [2.75, 3.05) is 39.6 Å². The highest BCUT2D eigenvalue weighted by molar-refractivity contribution is 7.47. The smallest absolute Gasteiger partial charge is 0.462 e. The van der Waals surface area contributed by atoms with Gasteiger partial charge < -0.3 is 33.8 Å². The first-order chi connectivity index (χ1) is 42.2. The number of hydrogen-bond donors (Lipinski definition) is 3. The van der Waals surface area contributed by atoms with Crippen molar-refractivity contribution in [3.63, 3.8) is 0 Å². The van der Waals surface area contributed by atoms with Crippen molar-refractivity contribution in [2.24, 2.45) is 17.8 Å². The Kier molecular flexibility index (Phi) is 58.7. The average Bonchev–Trinajstić information content (AvgIpc) is 3.47. The molecule has 0 rings (SSSR count). The van der Waals surface area contributed by atoms with Crippen LogP contribution in [0.5, 0.6) is 0 Å². The summed E-state index contributed by atoms with van der Waals surface area (Å²) in [4.78, 5) is 72.4. The van der Waals surface area contributed by atoms with Crippen molar-refractivity contribution in [3.8, 4) is 0 Å². The number of hydrogen-bond acceptors (Lipinski definition) is 15. The van der Waals surface area contributed by atoms with Gasteiger partial charge >= 0.3 is 39.5 Å². The summed E-state index contributed by atoms with van der Waals surface area (Å²) in [5, 5.41) is 10.6. The van der Waals surface area contributed by atoms with Crippen molar-refractivity contribution in [1.82, 2.24) is 0 Å². The van der Waals surface area contributed by atoms with E-state index in [1.54, 1.807) is 0 Å². The van der Waals surface area contributed by atoms with Crippen LogP contribution in [0.3, 0.4) is 0 Å². The van der Waals surface area contributed by atoms with E-state index in [1.807, 2.05) is 0 Å². The molecule has 0 bridgehead atoms. The molecule has 0 aliphatic carbocycles. The Labute approximate surface area is 537 Å². The maximum Gasteiger partial charge on any atom is 0.472 e. The molecule has 2 unspecified atom stereocenters. The van der Waals surface area contributed by atoms with Crippen molar-refractivity contribution < 1.29 is 80.2 Å². The number of ether oxygens (including phenoxy) is 4. The van der Waals surface area contributed by atoms with Crippen LogP contribution in [0.2, 0.25) is 0 Å². The van der Waals surface area contributed by atoms with E-state index in [4.69, 9.17) is 37.0 Å². The zero-order chi connectivity index (χ0) is 65.2.